The van der Waals surface area contributed by atoms with Crippen LogP contribution in [-0.4, -0.2) is 32.5 Å². The Morgan fingerprint density at radius 2 is 1.72 bits per heavy atom. The summed E-state index contributed by atoms with van der Waals surface area (Å²) < 4.78 is 0. The first-order valence-electron chi connectivity index (χ1n) is 9.55. The summed E-state index contributed by atoms with van der Waals surface area (Å²) in [6.45, 7) is 0.949. The lowest BCUT2D eigenvalue weighted by Gasteiger charge is -2.23. The number of carbonyl (C=O) groups is 2. The average molecular weight is 391 g/mol. The van der Waals surface area contributed by atoms with Crippen molar-refractivity contribution in [1.82, 2.24) is 10.6 Å². The lowest BCUT2D eigenvalue weighted by atomic mass is 9.98. The van der Waals surface area contributed by atoms with E-state index in [2.05, 4.69) is 10.6 Å². The Labute approximate surface area is 170 Å². The predicted octanol–water partition coefficient (Wildman–Crippen LogP) is 0.604. The van der Waals surface area contributed by atoms with Crippen LogP contribution in [0.2, 0.25) is 0 Å². The third-order valence-corrected chi connectivity index (χ3v) is 4.86. The van der Waals surface area contributed by atoms with Crippen LogP contribution < -0.4 is 20.6 Å². The van der Waals surface area contributed by atoms with Crippen LogP contribution in [0.15, 0.2) is 60.7 Å². The maximum atomic E-state index is 13.2. The molecule has 2 amide bonds. The molecule has 0 saturated carbocycles. The van der Waals surface area contributed by atoms with Gasteiger partial charge >= 0.3 is 0 Å². The molecule has 1 atom stereocenters. The normalized spacial score (nSPS) is 11.8. The Bertz CT molecular complexity index is 1020. The van der Waals surface area contributed by atoms with Gasteiger partial charge in [0.05, 0.1) is 7.05 Å². The molecule has 1 unspecified atom stereocenters. The highest BCUT2D eigenvalue weighted by atomic mass is 16.3. The summed E-state index contributed by atoms with van der Waals surface area (Å²) in [5.74, 6) is -0.781. The lowest BCUT2D eigenvalue weighted by molar-refractivity contribution is -0.885. The summed E-state index contributed by atoms with van der Waals surface area (Å²) in [7, 11) is 3.44. The Balaban J connectivity index is 1.90. The second kappa shape index (κ2) is 9.21. The van der Waals surface area contributed by atoms with Crippen molar-refractivity contribution >= 4 is 22.6 Å². The first-order chi connectivity index (χ1) is 14.0. The fraction of sp³-hybridized carbons (Fsp3) is 0.217. The summed E-state index contributed by atoms with van der Waals surface area (Å²) in [4.78, 5) is 25.3. The smallest absolute Gasteiger partial charge is 0.274 e. The molecule has 3 aromatic carbocycles. The minimum atomic E-state index is -0.394. The van der Waals surface area contributed by atoms with Crippen LogP contribution >= 0.6 is 0 Å². The van der Waals surface area contributed by atoms with Crippen molar-refractivity contribution in [2.24, 2.45) is 0 Å². The Hall–Kier alpha value is -3.38. The van der Waals surface area contributed by atoms with E-state index in [0.717, 1.165) is 21.2 Å². The molecular weight excluding hydrogens is 366 g/mol. The highest BCUT2D eigenvalue weighted by Crippen LogP contribution is 2.29. The zero-order chi connectivity index (χ0) is 20.8. The number of nitrogens with one attached hydrogen (secondary N) is 3. The second-order valence-corrected chi connectivity index (χ2v) is 7.11. The van der Waals surface area contributed by atoms with Crippen molar-refractivity contribution in [3.8, 4) is 5.75 Å². The molecule has 0 aromatic heterocycles. The molecule has 3 N–H and O–H groups in total. The number of amides is 2. The van der Waals surface area contributed by atoms with Gasteiger partial charge < -0.3 is 20.6 Å². The summed E-state index contributed by atoms with van der Waals surface area (Å²) in [5.41, 5.74) is 1.64. The standard InChI is InChI=1S/C23H25N3O3/c1-24-21(27)15-26(2)14-20-18-11-7-6-10-17(18)12-19(22(20)28)23(29)25-13-16-8-4-3-5-9-16/h3-12,28H,13-15H2,1-2H3,(H,24,27)(H,25,29). The third-order valence-electron chi connectivity index (χ3n) is 4.86. The molecule has 3 aromatic rings. The van der Waals surface area contributed by atoms with Gasteiger partial charge in [-0.15, -0.1) is 0 Å². The SMILES string of the molecule is CNC(=O)C[NH+](C)Cc1c([O-])c(C(=O)NCc2ccccc2)cc2ccccc12. The van der Waals surface area contributed by atoms with Gasteiger partial charge in [-0.05, 0) is 22.4 Å². The van der Waals surface area contributed by atoms with Crippen molar-refractivity contribution in [3.63, 3.8) is 0 Å². The summed E-state index contributed by atoms with van der Waals surface area (Å²) in [5, 5.41) is 20.2. The number of rotatable bonds is 7. The number of hydrogen-bond donors (Lipinski definition) is 3. The van der Waals surface area contributed by atoms with E-state index in [4.69, 9.17) is 0 Å². The average Bonchev–Trinajstić information content (AvgIpc) is 2.74. The van der Waals surface area contributed by atoms with Gasteiger partial charge in [-0.2, -0.15) is 0 Å². The number of hydrogen-bond acceptors (Lipinski definition) is 3. The zero-order valence-electron chi connectivity index (χ0n) is 16.6. The van der Waals surface area contributed by atoms with Crippen molar-refractivity contribution in [2.45, 2.75) is 13.1 Å². The minimum Gasteiger partial charge on any atom is -0.872 e. The van der Waals surface area contributed by atoms with E-state index in [1.54, 1.807) is 13.1 Å². The van der Waals surface area contributed by atoms with E-state index in [0.29, 0.717) is 18.7 Å². The molecule has 6 heteroatoms. The summed E-state index contributed by atoms with van der Waals surface area (Å²) in [6.07, 6.45) is 0. The molecule has 0 radical (unpaired) electrons. The Kier molecular flexibility index (Phi) is 6.46. The first kappa shape index (κ1) is 20.4. The molecule has 6 nitrogen and oxygen atoms in total. The summed E-state index contributed by atoms with van der Waals surface area (Å²) >= 11 is 0. The van der Waals surface area contributed by atoms with Crippen molar-refractivity contribution < 1.29 is 19.6 Å². The highest BCUT2D eigenvalue weighted by Gasteiger charge is 2.17. The molecule has 0 spiro atoms. The van der Waals surface area contributed by atoms with Crippen LogP contribution in [0.25, 0.3) is 10.8 Å². The molecule has 0 fully saturated rings. The van der Waals surface area contributed by atoms with Crippen LogP contribution in [0.3, 0.4) is 0 Å². The monoisotopic (exact) mass is 391 g/mol. The molecule has 0 saturated heterocycles. The van der Waals surface area contributed by atoms with E-state index in [1.165, 1.54) is 0 Å². The molecule has 29 heavy (non-hydrogen) atoms. The fourth-order valence-electron chi connectivity index (χ4n) is 3.35. The van der Waals surface area contributed by atoms with Crippen molar-refractivity contribution in [1.29, 1.82) is 0 Å². The highest BCUT2D eigenvalue weighted by molar-refractivity contribution is 6.02. The Morgan fingerprint density at radius 3 is 2.45 bits per heavy atom. The molecule has 0 bridgehead atoms. The van der Waals surface area contributed by atoms with E-state index in [9.17, 15) is 14.7 Å². The van der Waals surface area contributed by atoms with E-state index in [1.807, 2.05) is 61.6 Å². The van der Waals surface area contributed by atoms with E-state index < -0.39 is 5.91 Å². The fourth-order valence-corrected chi connectivity index (χ4v) is 3.35. The lowest BCUT2D eigenvalue weighted by Crippen LogP contribution is -3.08. The maximum Gasteiger partial charge on any atom is 0.274 e. The largest absolute Gasteiger partial charge is 0.872 e. The minimum absolute atomic E-state index is 0.101. The first-order valence-corrected chi connectivity index (χ1v) is 9.55. The van der Waals surface area contributed by atoms with Gasteiger partial charge in [0.25, 0.3) is 11.8 Å². The predicted molar refractivity (Wildman–Crippen MR) is 111 cm³/mol. The molecular formula is C23H25N3O3. The van der Waals surface area contributed by atoms with Gasteiger partial charge in [0, 0.05) is 24.7 Å². The number of carbonyl (C=O) groups excluding carboxylic acids is 2. The van der Waals surface area contributed by atoms with Gasteiger partial charge in [-0.25, -0.2) is 0 Å². The van der Waals surface area contributed by atoms with Gasteiger partial charge in [-0.1, -0.05) is 60.3 Å². The maximum absolute atomic E-state index is 13.2. The number of likely N-dealkylation sites (N-methyl/N-ethyl adjacent to an activating group) is 2. The molecule has 0 aliphatic carbocycles. The zero-order valence-corrected chi connectivity index (χ0v) is 16.6. The van der Waals surface area contributed by atoms with Gasteiger partial charge in [-0.3, -0.25) is 9.59 Å². The van der Waals surface area contributed by atoms with Gasteiger partial charge in [0.2, 0.25) is 0 Å². The second-order valence-electron chi connectivity index (χ2n) is 7.11. The van der Waals surface area contributed by atoms with Crippen LogP contribution in [0.1, 0.15) is 21.5 Å². The Morgan fingerprint density at radius 1 is 1.03 bits per heavy atom. The van der Waals surface area contributed by atoms with Crippen molar-refractivity contribution in [3.05, 3.63) is 77.4 Å². The molecule has 3 rings (SSSR count). The molecule has 0 aliphatic heterocycles. The topological polar surface area (TPSA) is 85.7 Å². The third kappa shape index (κ3) is 4.92. The number of benzene rings is 3. The van der Waals surface area contributed by atoms with Gasteiger partial charge in [0.1, 0.15) is 6.54 Å². The van der Waals surface area contributed by atoms with E-state index in [-0.39, 0.29) is 23.8 Å². The van der Waals surface area contributed by atoms with Gasteiger partial charge in [0.15, 0.2) is 6.54 Å². The van der Waals surface area contributed by atoms with Crippen LogP contribution in [0.4, 0.5) is 0 Å². The molecule has 0 heterocycles. The van der Waals surface area contributed by atoms with Crippen molar-refractivity contribution in [2.75, 3.05) is 20.6 Å². The number of quaternary nitrogens is 1. The van der Waals surface area contributed by atoms with Crippen LogP contribution in [0, 0.1) is 0 Å². The molecule has 0 aliphatic rings. The van der Waals surface area contributed by atoms with E-state index >= 15 is 0 Å². The van der Waals surface area contributed by atoms with Crippen LogP contribution in [-0.2, 0) is 17.9 Å². The quantitative estimate of drug-likeness (QED) is 0.552. The summed E-state index contributed by atoms with van der Waals surface area (Å²) in [6, 6.07) is 18.7. The van der Waals surface area contributed by atoms with Crippen LogP contribution in [0.5, 0.6) is 5.75 Å². The number of fused-ring (bicyclic) bond motifs is 1. The molecule has 150 valence electrons.